The number of hydrogen-bond acceptors (Lipinski definition) is 4. The highest BCUT2D eigenvalue weighted by atomic mass is 16.1. The molecule has 1 aliphatic heterocycles. The average molecular weight is 215 g/mol. The zero-order valence-corrected chi connectivity index (χ0v) is 8.32. The van der Waals surface area contributed by atoms with Crippen LogP contribution in [0.5, 0.6) is 0 Å². The number of nitrogen functional groups attached to an aromatic ring is 1. The second-order valence-electron chi connectivity index (χ2n) is 3.56. The highest BCUT2D eigenvalue weighted by Gasteiger charge is 2.22. The first-order chi connectivity index (χ1) is 7.74. The summed E-state index contributed by atoms with van der Waals surface area (Å²) in [5.41, 5.74) is 8.53. The Labute approximate surface area is 90.9 Å². The predicted octanol–water partition coefficient (Wildman–Crippen LogP) is 0.297. The van der Waals surface area contributed by atoms with Gasteiger partial charge < -0.3 is 16.0 Å². The van der Waals surface area contributed by atoms with Gasteiger partial charge in [0.2, 0.25) is 5.95 Å². The van der Waals surface area contributed by atoms with Gasteiger partial charge in [-0.15, -0.1) is 0 Å². The first-order valence-corrected chi connectivity index (χ1v) is 4.83. The molecule has 0 spiro atoms. The van der Waals surface area contributed by atoms with Crippen molar-refractivity contribution in [1.82, 2.24) is 20.3 Å². The van der Waals surface area contributed by atoms with Gasteiger partial charge in [-0.3, -0.25) is 4.79 Å². The van der Waals surface area contributed by atoms with Crippen molar-refractivity contribution in [3.05, 3.63) is 29.6 Å². The molecule has 0 aliphatic carbocycles. The Morgan fingerprint density at radius 3 is 3.06 bits per heavy atom. The Bertz CT molecular complexity index is 574. The van der Waals surface area contributed by atoms with Crippen molar-refractivity contribution in [2.45, 2.75) is 6.54 Å². The maximum absolute atomic E-state index is 11.4. The molecule has 0 unspecified atom stereocenters. The molecule has 6 nitrogen and oxygen atoms in total. The molecule has 3 rings (SSSR count). The van der Waals surface area contributed by atoms with Crippen LogP contribution in [0.1, 0.15) is 16.1 Å². The van der Waals surface area contributed by atoms with Crippen molar-refractivity contribution >= 4 is 11.9 Å². The Morgan fingerprint density at radius 1 is 1.44 bits per heavy atom. The summed E-state index contributed by atoms with van der Waals surface area (Å²) in [6, 6.07) is 3.52. The van der Waals surface area contributed by atoms with E-state index in [0.717, 1.165) is 11.4 Å². The molecule has 2 aromatic heterocycles. The predicted molar refractivity (Wildman–Crippen MR) is 57.4 cm³/mol. The third-order valence-corrected chi connectivity index (χ3v) is 2.52. The van der Waals surface area contributed by atoms with Crippen molar-refractivity contribution in [1.29, 1.82) is 0 Å². The van der Waals surface area contributed by atoms with E-state index in [1.807, 2.05) is 0 Å². The zero-order chi connectivity index (χ0) is 11.1. The molecule has 80 valence electrons. The van der Waals surface area contributed by atoms with E-state index >= 15 is 0 Å². The SMILES string of the molecule is Nc1nccc(-c2cc3c([nH]2)CNC3=O)n1. The van der Waals surface area contributed by atoms with Crippen LogP contribution in [0.15, 0.2) is 18.3 Å². The lowest BCUT2D eigenvalue weighted by atomic mass is 10.2. The Morgan fingerprint density at radius 2 is 2.31 bits per heavy atom. The number of anilines is 1. The molecule has 0 fully saturated rings. The Kier molecular flexibility index (Phi) is 1.70. The number of nitrogens with zero attached hydrogens (tertiary/aromatic N) is 2. The lowest BCUT2D eigenvalue weighted by Gasteiger charge is -1.98. The summed E-state index contributed by atoms with van der Waals surface area (Å²) in [6.45, 7) is 0.536. The van der Waals surface area contributed by atoms with Crippen molar-refractivity contribution < 1.29 is 4.79 Å². The van der Waals surface area contributed by atoms with Crippen LogP contribution < -0.4 is 11.1 Å². The van der Waals surface area contributed by atoms with Gasteiger partial charge in [0.1, 0.15) is 0 Å². The number of nitrogens with two attached hydrogens (primary N) is 1. The number of H-pyrrole nitrogens is 1. The number of amides is 1. The van der Waals surface area contributed by atoms with Crippen LogP contribution in [0.2, 0.25) is 0 Å². The fourth-order valence-electron chi connectivity index (χ4n) is 1.77. The largest absolute Gasteiger partial charge is 0.368 e. The van der Waals surface area contributed by atoms with E-state index in [9.17, 15) is 4.79 Å². The van der Waals surface area contributed by atoms with Gasteiger partial charge in [0.25, 0.3) is 5.91 Å². The number of carbonyl (C=O) groups excluding carboxylic acids is 1. The minimum atomic E-state index is -0.0560. The number of aromatic nitrogens is 3. The maximum atomic E-state index is 11.4. The van der Waals surface area contributed by atoms with Gasteiger partial charge in [-0.25, -0.2) is 9.97 Å². The number of rotatable bonds is 1. The monoisotopic (exact) mass is 215 g/mol. The zero-order valence-electron chi connectivity index (χ0n) is 8.32. The van der Waals surface area contributed by atoms with Crippen LogP contribution in [-0.4, -0.2) is 20.9 Å². The molecule has 0 bridgehead atoms. The second kappa shape index (κ2) is 3.06. The number of aromatic amines is 1. The van der Waals surface area contributed by atoms with Crippen LogP contribution >= 0.6 is 0 Å². The smallest absolute Gasteiger partial charge is 0.253 e. The summed E-state index contributed by atoms with van der Waals surface area (Å²) in [5.74, 6) is 0.163. The van der Waals surface area contributed by atoms with Gasteiger partial charge in [-0.05, 0) is 12.1 Å². The second-order valence-corrected chi connectivity index (χ2v) is 3.56. The Hall–Kier alpha value is -2.37. The molecule has 1 aliphatic rings. The summed E-state index contributed by atoms with van der Waals surface area (Å²) in [7, 11) is 0. The van der Waals surface area contributed by atoms with E-state index in [2.05, 4.69) is 20.3 Å². The van der Waals surface area contributed by atoms with E-state index in [4.69, 9.17) is 5.73 Å². The highest BCUT2D eigenvalue weighted by molar-refractivity contribution is 5.99. The molecule has 0 saturated heterocycles. The topological polar surface area (TPSA) is 96.7 Å². The summed E-state index contributed by atoms with van der Waals surface area (Å²) in [5, 5.41) is 2.73. The van der Waals surface area contributed by atoms with E-state index < -0.39 is 0 Å². The van der Waals surface area contributed by atoms with Crippen LogP contribution in [0.25, 0.3) is 11.4 Å². The normalized spacial score (nSPS) is 13.6. The van der Waals surface area contributed by atoms with E-state index in [1.54, 1.807) is 18.3 Å². The van der Waals surface area contributed by atoms with Crippen molar-refractivity contribution in [2.24, 2.45) is 0 Å². The number of hydrogen-bond donors (Lipinski definition) is 3. The summed E-state index contributed by atoms with van der Waals surface area (Å²) >= 11 is 0. The molecular formula is C10H9N5O. The number of nitrogens with one attached hydrogen (secondary N) is 2. The van der Waals surface area contributed by atoms with Crippen LogP contribution in [0.4, 0.5) is 5.95 Å². The molecular weight excluding hydrogens is 206 g/mol. The van der Waals surface area contributed by atoms with Gasteiger partial charge >= 0.3 is 0 Å². The standard InChI is InChI=1S/C10H9N5O/c11-10-12-2-1-6(15-10)7-3-5-8(14-7)4-13-9(5)16/h1-3,14H,4H2,(H,13,16)(H2,11,12,15). The number of fused-ring (bicyclic) bond motifs is 1. The lowest BCUT2D eigenvalue weighted by molar-refractivity contribution is 0.0966. The van der Waals surface area contributed by atoms with Crippen molar-refractivity contribution in [3.63, 3.8) is 0 Å². The third-order valence-electron chi connectivity index (χ3n) is 2.52. The molecule has 16 heavy (non-hydrogen) atoms. The van der Waals surface area contributed by atoms with Crippen LogP contribution in [-0.2, 0) is 6.54 Å². The molecule has 4 N–H and O–H groups in total. The summed E-state index contributed by atoms with van der Waals surface area (Å²) < 4.78 is 0. The summed E-state index contributed by atoms with van der Waals surface area (Å²) in [4.78, 5) is 22.4. The highest BCUT2D eigenvalue weighted by Crippen LogP contribution is 2.23. The molecule has 0 atom stereocenters. The average Bonchev–Trinajstić information content (AvgIpc) is 2.81. The maximum Gasteiger partial charge on any atom is 0.253 e. The Balaban J connectivity index is 2.08. The first kappa shape index (κ1) is 8.90. The summed E-state index contributed by atoms with van der Waals surface area (Å²) in [6.07, 6.45) is 1.59. The van der Waals surface area contributed by atoms with Crippen LogP contribution in [0.3, 0.4) is 0 Å². The minimum Gasteiger partial charge on any atom is -0.368 e. The molecule has 2 aromatic rings. The van der Waals surface area contributed by atoms with Gasteiger partial charge in [-0.2, -0.15) is 0 Å². The minimum absolute atomic E-state index is 0.0560. The molecule has 0 aromatic carbocycles. The quantitative estimate of drug-likeness (QED) is 0.637. The molecule has 6 heteroatoms. The fraction of sp³-hybridized carbons (Fsp3) is 0.100. The molecule has 1 amide bonds. The van der Waals surface area contributed by atoms with Gasteiger partial charge in [0, 0.05) is 11.9 Å². The molecule has 0 radical (unpaired) electrons. The fourth-order valence-corrected chi connectivity index (χ4v) is 1.77. The van der Waals surface area contributed by atoms with Crippen molar-refractivity contribution in [2.75, 3.05) is 5.73 Å². The van der Waals surface area contributed by atoms with Crippen molar-refractivity contribution in [3.8, 4) is 11.4 Å². The van der Waals surface area contributed by atoms with E-state index in [1.165, 1.54) is 0 Å². The lowest BCUT2D eigenvalue weighted by Crippen LogP contribution is -2.13. The van der Waals surface area contributed by atoms with Gasteiger partial charge in [-0.1, -0.05) is 0 Å². The van der Waals surface area contributed by atoms with Gasteiger partial charge in [0.15, 0.2) is 0 Å². The first-order valence-electron chi connectivity index (χ1n) is 4.83. The van der Waals surface area contributed by atoms with Crippen LogP contribution in [0, 0.1) is 0 Å². The molecule has 0 saturated carbocycles. The number of carbonyl (C=O) groups is 1. The van der Waals surface area contributed by atoms with Gasteiger partial charge in [0.05, 0.1) is 23.5 Å². The third kappa shape index (κ3) is 1.23. The molecule has 3 heterocycles. The van der Waals surface area contributed by atoms with E-state index in [0.29, 0.717) is 17.8 Å². The van der Waals surface area contributed by atoms with E-state index in [-0.39, 0.29) is 11.9 Å².